The normalized spacial score (nSPS) is 17.3. The molecule has 1 aliphatic rings. The molecule has 13 heavy (non-hydrogen) atoms. The van der Waals surface area contributed by atoms with Crippen molar-refractivity contribution in [2.24, 2.45) is 0 Å². The third-order valence-electron chi connectivity index (χ3n) is 2.49. The van der Waals surface area contributed by atoms with Crippen LogP contribution in [0.2, 0.25) is 0 Å². The lowest BCUT2D eigenvalue weighted by Crippen LogP contribution is -2.30. The minimum Gasteiger partial charge on any atom is -0.299 e. The molecule has 0 amide bonds. The Hall–Kier alpha value is -0.0500. The van der Waals surface area contributed by atoms with Gasteiger partial charge in [0.05, 0.1) is 0 Å². The Bertz CT molecular complexity index is 272. The van der Waals surface area contributed by atoms with Crippen LogP contribution in [-0.2, 0) is 13.0 Å². The highest BCUT2D eigenvalue weighted by atomic mass is 35.5. The molecule has 0 unspecified atom stereocenters. The first-order chi connectivity index (χ1) is 6.40. The Kier molecular flexibility index (Phi) is 3.25. The van der Waals surface area contributed by atoms with Crippen molar-refractivity contribution in [2.75, 3.05) is 19.0 Å². The van der Waals surface area contributed by atoms with Crippen LogP contribution in [0.1, 0.15) is 16.9 Å². The first-order valence-corrected chi connectivity index (χ1v) is 6.15. The molecule has 0 bridgehead atoms. The number of nitrogens with zero attached hydrogens (tertiary/aromatic N) is 1. The van der Waals surface area contributed by atoms with Crippen molar-refractivity contribution < 1.29 is 0 Å². The summed E-state index contributed by atoms with van der Waals surface area (Å²) in [5.74, 6) is 0.785. The summed E-state index contributed by atoms with van der Waals surface area (Å²) >= 11 is 7.57. The molecule has 0 radical (unpaired) electrons. The summed E-state index contributed by atoms with van der Waals surface area (Å²) in [6.07, 6.45) is 2.34. The van der Waals surface area contributed by atoms with Crippen molar-refractivity contribution >= 4 is 22.9 Å². The number of thiophene rings is 1. The van der Waals surface area contributed by atoms with Crippen LogP contribution in [0, 0.1) is 0 Å². The van der Waals surface area contributed by atoms with Gasteiger partial charge in [-0.25, -0.2) is 0 Å². The molecule has 0 saturated carbocycles. The first kappa shape index (κ1) is 9.50. The van der Waals surface area contributed by atoms with Crippen molar-refractivity contribution in [3.8, 4) is 0 Å². The highest BCUT2D eigenvalue weighted by molar-refractivity contribution is 7.10. The fraction of sp³-hybridized carbons (Fsp3) is 0.600. The van der Waals surface area contributed by atoms with Gasteiger partial charge >= 0.3 is 0 Å². The maximum atomic E-state index is 5.68. The van der Waals surface area contributed by atoms with Crippen LogP contribution in [0.3, 0.4) is 0 Å². The average Bonchev–Trinajstić information content (AvgIpc) is 2.61. The molecular formula is C10H14ClNS. The predicted octanol–water partition coefficient (Wildman–Crippen LogP) is 2.74. The summed E-state index contributed by atoms with van der Waals surface area (Å²) < 4.78 is 0. The van der Waals surface area contributed by atoms with Crippen LogP contribution >= 0.6 is 22.9 Å². The quantitative estimate of drug-likeness (QED) is 0.701. The summed E-state index contributed by atoms with van der Waals surface area (Å²) in [5.41, 5.74) is 1.53. The minimum absolute atomic E-state index is 0.785. The van der Waals surface area contributed by atoms with Crippen molar-refractivity contribution in [1.29, 1.82) is 0 Å². The van der Waals surface area contributed by atoms with Gasteiger partial charge in [0.1, 0.15) is 0 Å². The van der Waals surface area contributed by atoms with Gasteiger partial charge < -0.3 is 0 Å². The molecule has 1 aromatic rings. The zero-order chi connectivity index (χ0) is 9.10. The maximum Gasteiger partial charge on any atom is 0.0244 e. The van der Waals surface area contributed by atoms with Gasteiger partial charge in [-0.2, -0.15) is 0 Å². The molecule has 72 valence electrons. The van der Waals surface area contributed by atoms with Crippen LogP contribution in [-0.4, -0.2) is 23.9 Å². The Balaban J connectivity index is 1.93. The van der Waals surface area contributed by atoms with E-state index < -0.39 is 0 Å². The van der Waals surface area contributed by atoms with Gasteiger partial charge in [-0.3, -0.25) is 4.90 Å². The van der Waals surface area contributed by atoms with Crippen LogP contribution in [0.25, 0.3) is 0 Å². The third-order valence-corrected chi connectivity index (χ3v) is 3.78. The molecule has 0 atom stereocenters. The van der Waals surface area contributed by atoms with Crippen LogP contribution < -0.4 is 0 Å². The SMILES string of the molecule is ClCCCN1CCc2sccc2C1. The summed E-state index contributed by atoms with van der Waals surface area (Å²) in [7, 11) is 0. The molecule has 1 aromatic heterocycles. The van der Waals surface area contributed by atoms with Crippen LogP contribution in [0.5, 0.6) is 0 Å². The van der Waals surface area contributed by atoms with Crippen molar-refractivity contribution in [3.63, 3.8) is 0 Å². The van der Waals surface area contributed by atoms with Gasteiger partial charge in [0.15, 0.2) is 0 Å². The third kappa shape index (κ3) is 2.25. The standard InChI is InChI=1S/C10H14ClNS/c11-4-1-5-12-6-2-10-9(8-12)3-7-13-10/h3,7H,1-2,4-6,8H2. The van der Waals surface area contributed by atoms with Gasteiger partial charge in [-0.1, -0.05) is 0 Å². The number of hydrogen-bond acceptors (Lipinski definition) is 2. The second-order valence-corrected chi connectivity index (χ2v) is 4.82. The monoisotopic (exact) mass is 215 g/mol. The molecule has 0 saturated heterocycles. The summed E-state index contributed by atoms with van der Waals surface area (Å²) in [5, 5.41) is 2.20. The molecule has 1 aliphatic heterocycles. The largest absolute Gasteiger partial charge is 0.299 e. The van der Waals surface area contributed by atoms with E-state index in [1.807, 2.05) is 11.3 Å². The first-order valence-electron chi connectivity index (χ1n) is 4.73. The summed E-state index contributed by atoms with van der Waals surface area (Å²) in [6, 6.07) is 2.26. The van der Waals surface area contributed by atoms with E-state index in [-0.39, 0.29) is 0 Å². The van der Waals surface area contributed by atoms with Crippen LogP contribution in [0.15, 0.2) is 11.4 Å². The molecule has 0 aromatic carbocycles. The lowest BCUT2D eigenvalue weighted by Gasteiger charge is -2.26. The van der Waals surface area contributed by atoms with E-state index in [9.17, 15) is 0 Å². The molecule has 2 rings (SSSR count). The van der Waals surface area contributed by atoms with E-state index in [4.69, 9.17) is 11.6 Å². The van der Waals surface area contributed by atoms with Crippen LogP contribution in [0.4, 0.5) is 0 Å². The van der Waals surface area contributed by atoms with Gasteiger partial charge in [0.25, 0.3) is 0 Å². The topological polar surface area (TPSA) is 3.24 Å². The molecule has 0 fully saturated rings. The van der Waals surface area contributed by atoms with E-state index in [0.29, 0.717) is 0 Å². The fourth-order valence-electron chi connectivity index (χ4n) is 1.78. The zero-order valence-electron chi connectivity index (χ0n) is 7.63. The Morgan fingerprint density at radius 3 is 3.31 bits per heavy atom. The predicted molar refractivity (Wildman–Crippen MR) is 58.6 cm³/mol. The second-order valence-electron chi connectivity index (χ2n) is 3.44. The number of halogens is 1. The number of rotatable bonds is 3. The zero-order valence-corrected chi connectivity index (χ0v) is 9.20. The second kappa shape index (κ2) is 4.45. The highest BCUT2D eigenvalue weighted by Crippen LogP contribution is 2.23. The lowest BCUT2D eigenvalue weighted by molar-refractivity contribution is 0.257. The van der Waals surface area contributed by atoms with Crippen molar-refractivity contribution in [2.45, 2.75) is 19.4 Å². The van der Waals surface area contributed by atoms with E-state index >= 15 is 0 Å². The molecule has 2 heterocycles. The van der Waals surface area contributed by atoms with Crippen molar-refractivity contribution in [3.05, 3.63) is 21.9 Å². The van der Waals surface area contributed by atoms with E-state index in [0.717, 1.165) is 25.4 Å². The fourth-order valence-corrected chi connectivity index (χ4v) is 2.79. The highest BCUT2D eigenvalue weighted by Gasteiger charge is 2.15. The lowest BCUT2D eigenvalue weighted by atomic mass is 10.1. The summed E-state index contributed by atoms with van der Waals surface area (Å²) in [6.45, 7) is 3.50. The Labute approximate surface area is 88.3 Å². The summed E-state index contributed by atoms with van der Waals surface area (Å²) in [4.78, 5) is 4.08. The molecule has 3 heteroatoms. The van der Waals surface area contributed by atoms with Crippen molar-refractivity contribution in [1.82, 2.24) is 4.90 Å². The average molecular weight is 216 g/mol. The Morgan fingerprint density at radius 2 is 2.46 bits per heavy atom. The number of hydrogen-bond donors (Lipinski definition) is 0. The molecule has 0 spiro atoms. The minimum atomic E-state index is 0.785. The van der Waals surface area contributed by atoms with Gasteiger partial charge in [0.2, 0.25) is 0 Å². The molecule has 0 aliphatic carbocycles. The molecule has 0 N–H and O–H groups in total. The molecule has 1 nitrogen and oxygen atoms in total. The van der Waals surface area contributed by atoms with Gasteiger partial charge in [-0.05, 0) is 36.4 Å². The number of alkyl halides is 1. The Morgan fingerprint density at radius 1 is 1.54 bits per heavy atom. The molecular weight excluding hydrogens is 202 g/mol. The van der Waals surface area contributed by atoms with E-state index in [2.05, 4.69) is 16.3 Å². The van der Waals surface area contributed by atoms with E-state index in [1.165, 1.54) is 18.5 Å². The van der Waals surface area contributed by atoms with E-state index in [1.54, 1.807) is 4.88 Å². The maximum absolute atomic E-state index is 5.68. The van der Waals surface area contributed by atoms with Gasteiger partial charge in [-0.15, -0.1) is 22.9 Å². The smallest absolute Gasteiger partial charge is 0.0244 e. The number of fused-ring (bicyclic) bond motifs is 1. The van der Waals surface area contributed by atoms with Gasteiger partial charge in [0, 0.05) is 23.8 Å².